The Balaban J connectivity index is 2.52. The predicted molar refractivity (Wildman–Crippen MR) is 61.8 cm³/mol. The maximum Gasteiger partial charge on any atom is 0.298 e. The lowest BCUT2D eigenvalue weighted by molar-refractivity contribution is 0.0445. The zero-order valence-corrected chi connectivity index (χ0v) is 9.48. The summed E-state index contributed by atoms with van der Waals surface area (Å²) in [6.07, 6.45) is -0.540. The first kappa shape index (κ1) is 12.5. The molecule has 9 nitrogen and oxygen atoms in total. The van der Waals surface area contributed by atoms with Crippen LogP contribution in [-0.4, -0.2) is 36.0 Å². The van der Waals surface area contributed by atoms with Crippen molar-refractivity contribution in [1.82, 2.24) is 24.8 Å². The molecule has 3 N–H and O–H groups in total. The van der Waals surface area contributed by atoms with Gasteiger partial charge in [0.15, 0.2) is 16.9 Å². The van der Waals surface area contributed by atoms with Crippen LogP contribution in [0.25, 0.3) is 11.0 Å². The fourth-order valence-corrected chi connectivity index (χ4v) is 1.41. The molecule has 2 radical (unpaired) electrons. The second kappa shape index (κ2) is 4.70. The van der Waals surface area contributed by atoms with Crippen LogP contribution in [0.3, 0.4) is 0 Å². The summed E-state index contributed by atoms with van der Waals surface area (Å²) in [5.74, 6) is 0.0314. The minimum Gasteiger partial charge on any atom is -0.380 e. The molecule has 9 heteroatoms. The quantitative estimate of drug-likeness (QED) is 0.681. The molecule has 0 aromatic carbocycles. The topological polar surface area (TPSA) is 121 Å². The van der Waals surface area contributed by atoms with Crippen molar-refractivity contribution in [2.45, 2.75) is 19.6 Å². The van der Waals surface area contributed by atoms with Crippen molar-refractivity contribution < 1.29 is 9.84 Å². The Morgan fingerprint density at radius 3 is 2.78 bits per heavy atom. The highest BCUT2D eigenvalue weighted by molar-refractivity contribution is 5.83. The molecule has 0 fully saturated rings. The molecule has 2 aromatic heterocycles. The second-order valence-electron chi connectivity index (χ2n) is 3.54. The van der Waals surface area contributed by atoms with Gasteiger partial charge in [-0.3, -0.25) is 4.79 Å². The Morgan fingerprint density at radius 1 is 1.44 bits per heavy atom. The largest absolute Gasteiger partial charge is 0.380 e. The standard InChI is InChI=1S/C9H12N6O3/c1-5(2)18-4-15-9(17)7-6(11-13-15)8(10)12-14(7)3-16/h5,16H,1-4H2,(H2,10,12). The van der Waals surface area contributed by atoms with E-state index in [1.54, 1.807) is 0 Å². The molecule has 0 saturated heterocycles. The van der Waals surface area contributed by atoms with Crippen molar-refractivity contribution >= 4 is 16.9 Å². The van der Waals surface area contributed by atoms with Crippen molar-refractivity contribution in [1.29, 1.82) is 0 Å². The summed E-state index contributed by atoms with van der Waals surface area (Å²) in [4.78, 5) is 12.0. The first-order chi connectivity index (χ1) is 8.54. The lowest BCUT2D eigenvalue weighted by Crippen LogP contribution is -2.28. The first-order valence-electron chi connectivity index (χ1n) is 5.03. The third-order valence-corrected chi connectivity index (χ3v) is 2.21. The van der Waals surface area contributed by atoms with E-state index < -0.39 is 18.4 Å². The summed E-state index contributed by atoms with van der Waals surface area (Å²) in [7, 11) is 0. The molecule has 0 aliphatic carbocycles. The Hall–Kier alpha value is -2.00. The maximum atomic E-state index is 12.0. The summed E-state index contributed by atoms with van der Waals surface area (Å²) < 4.78 is 7.07. The van der Waals surface area contributed by atoms with Crippen LogP contribution < -0.4 is 11.3 Å². The molecule has 0 aliphatic rings. The molecule has 0 atom stereocenters. The molecular weight excluding hydrogens is 240 g/mol. The molecular formula is C9H12N6O3. The van der Waals surface area contributed by atoms with Gasteiger partial charge in [-0.05, 0) is 13.8 Å². The average molecular weight is 252 g/mol. The Morgan fingerprint density at radius 2 is 2.17 bits per heavy atom. The number of ether oxygens (including phenoxy) is 1. The van der Waals surface area contributed by atoms with Crippen LogP contribution in [0.5, 0.6) is 0 Å². The molecule has 0 bridgehead atoms. The van der Waals surface area contributed by atoms with Gasteiger partial charge < -0.3 is 15.6 Å². The Kier molecular flexibility index (Phi) is 3.26. The lowest BCUT2D eigenvalue weighted by Gasteiger charge is -2.07. The van der Waals surface area contributed by atoms with Crippen LogP contribution in [0.1, 0.15) is 0 Å². The predicted octanol–water partition coefficient (Wildman–Crippen LogP) is -1.47. The summed E-state index contributed by atoms with van der Waals surface area (Å²) in [5.41, 5.74) is 5.25. The van der Waals surface area contributed by atoms with E-state index in [0.29, 0.717) is 0 Å². The van der Waals surface area contributed by atoms with Gasteiger partial charge in [-0.25, -0.2) is 4.68 Å². The summed E-state index contributed by atoms with van der Waals surface area (Å²) in [6.45, 7) is 6.39. The average Bonchev–Trinajstić information content (AvgIpc) is 2.66. The first-order valence-corrected chi connectivity index (χ1v) is 5.03. The zero-order valence-electron chi connectivity index (χ0n) is 9.48. The third-order valence-electron chi connectivity index (χ3n) is 2.21. The van der Waals surface area contributed by atoms with Gasteiger partial charge in [0, 0.05) is 0 Å². The van der Waals surface area contributed by atoms with Crippen LogP contribution in [0, 0.1) is 13.8 Å². The van der Waals surface area contributed by atoms with Crippen molar-refractivity contribution in [3.8, 4) is 0 Å². The van der Waals surface area contributed by atoms with Gasteiger partial charge in [-0.1, -0.05) is 5.21 Å². The van der Waals surface area contributed by atoms with Crippen LogP contribution >= 0.6 is 0 Å². The number of aromatic nitrogens is 5. The third kappa shape index (κ3) is 2.05. The minimum atomic E-state index is -0.540. The number of hydrogen-bond donors (Lipinski definition) is 2. The van der Waals surface area contributed by atoms with Crippen LogP contribution in [0.4, 0.5) is 5.82 Å². The van der Waals surface area contributed by atoms with Gasteiger partial charge in [-0.2, -0.15) is 9.78 Å². The fourth-order valence-electron chi connectivity index (χ4n) is 1.41. The van der Waals surface area contributed by atoms with Crippen LogP contribution in [0.2, 0.25) is 0 Å². The molecule has 0 amide bonds. The number of nitrogens with two attached hydrogens (primary N) is 1. The van der Waals surface area contributed by atoms with E-state index in [1.165, 1.54) is 0 Å². The number of nitrogen functional groups attached to an aromatic ring is 1. The van der Waals surface area contributed by atoms with Crippen LogP contribution in [-0.2, 0) is 18.2 Å². The summed E-state index contributed by atoms with van der Waals surface area (Å²) >= 11 is 0. The number of anilines is 1. The van der Waals surface area contributed by atoms with Crippen molar-refractivity contribution in [3.05, 3.63) is 24.2 Å². The highest BCUT2D eigenvalue weighted by Crippen LogP contribution is 2.12. The van der Waals surface area contributed by atoms with Gasteiger partial charge in [0.05, 0.1) is 6.10 Å². The number of hydrogen-bond acceptors (Lipinski definition) is 7. The molecule has 0 unspecified atom stereocenters. The molecule has 2 aromatic rings. The van der Waals surface area contributed by atoms with E-state index in [9.17, 15) is 4.79 Å². The monoisotopic (exact) mass is 252 g/mol. The van der Waals surface area contributed by atoms with Gasteiger partial charge in [0.25, 0.3) is 5.56 Å². The van der Waals surface area contributed by atoms with E-state index in [4.69, 9.17) is 15.6 Å². The van der Waals surface area contributed by atoms with Gasteiger partial charge >= 0.3 is 0 Å². The van der Waals surface area contributed by atoms with Crippen molar-refractivity contribution in [2.75, 3.05) is 5.73 Å². The zero-order chi connectivity index (χ0) is 13.3. The number of rotatable bonds is 4. The van der Waals surface area contributed by atoms with E-state index in [0.717, 1.165) is 9.36 Å². The smallest absolute Gasteiger partial charge is 0.298 e. The molecule has 2 heterocycles. The number of fused-ring (bicyclic) bond motifs is 1. The fraction of sp³-hybridized carbons (Fsp3) is 0.333. The summed E-state index contributed by atoms with van der Waals surface area (Å²) in [5, 5.41) is 20.3. The molecule has 0 saturated carbocycles. The molecule has 0 spiro atoms. The molecule has 96 valence electrons. The van der Waals surface area contributed by atoms with Crippen molar-refractivity contribution in [2.24, 2.45) is 0 Å². The molecule has 18 heavy (non-hydrogen) atoms. The van der Waals surface area contributed by atoms with Gasteiger partial charge in [-0.15, -0.1) is 5.10 Å². The normalized spacial score (nSPS) is 11.6. The number of aliphatic hydroxyl groups is 1. The molecule has 2 rings (SSSR count). The second-order valence-corrected chi connectivity index (χ2v) is 3.54. The summed E-state index contributed by atoms with van der Waals surface area (Å²) in [6, 6.07) is 0. The lowest BCUT2D eigenvalue weighted by atomic mass is 10.4. The Labute approximate surface area is 102 Å². The highest BCUT2D eigenvalue weighted by atomic mass is 16.5. The number of nitrogens with zero attached hydrogens (tertiary/aromatic N) is 5. The number of aliphatic hydroxyl groups excluding tert-OH is 1. The van der Waals surface area contributed by atoms with Gasteiger partial charge in [0.1, 0.15) is 13.5 Å². The van der Waals surface area contributed by atoms with E-state index >= 15 is 0 Å². The highest BCUT2D eigenvalue weighted by Gasteiger charge is 2.15. The van der Waals surface area contributed by atoms with E-state index in [2.05, 4.69) is 29.3 Å². The Bertz CT molecular complexity index is 617. The van der Waals surface area contributed by atoms with Gasteiger partial charge in [0.2, 0.25) is 0 Å². The maximum absolute atomic E-state index is 12.0. The molecule has 0 aliphatic heterocycles. The SMILES string of the molecule is [CH2]C([CH2])OCn1nnc2c(N)nn(CO)c2c1=O. The van der Waals surface area contributed by atoms with E-state index in [1.807, 2.05) is 0 Å². The van der Waals surface area contributed by atoms with Crippen LogP contribution in [0.15, 0.2) is 4.79 Å². The minimum absolute atomic E-state index is 0.0314. The van der Waals surface area contributed by atoms with E-state index in [-0.39, 0.29) is 23.6 Å². The van der Waals surface area contributed by atoms with Crippen molar-refractivity contribution in [3.63, 3.8) is 0 Å².